The van der Waals surface area contributed by atoms with Crippen molar-refractivity contribution < 1.29 is 9.47 Å². The van der Waals surface area contributed by atoms with E-state index in [2.05, 4.69) is 15.4 Å². The number of nitrogens with one attached hydrogen (secondary N) is 1. The van der Waals surface area contributed by atoms with Crippen molar-refractivity contribution in [1.29, 1.82) is 0 Å². The van der Waals surface area contributed by atoms with Gasteiger partial charge in [-0.15, -0.1) is 0 Å². The first-order chi connectivity index (χ1) is 8.13. The molecule has 1 aromatic rings. The fourth-order valence-corrected chi connectivity index (χ4v) is 1.67. The highest BCUT2D eigenvalue weighted by molar-refractivity contribution is 5.88. The van der Waals surface area contributed by atoms with E-state index in [1.807, 2.05) is 26.0 Å². The summed E-state index contributed by atoms with van der Waals surface area (Å²) in [6.45, 7) is 3.86. The lowest BCUT2D eigenvalue weighted by molar-refractivity contribution is 0.305. The Balaban J connectivity index is 2.34. The molecule has 17 heavy (non-hydrogen) atoms. The van der Waals surface area contributed by atoms with Crippen LogP contribution in [0.5, 0.6) is 5.88 Å². The number of methoxy groups -OCH3 is 2. The Bertz CT molecular complexity index is 476. The minimum atomic E-state index is -0.335. The summed E-state index contributed by atoms with van der Waals surface area (Å²) in [4.78, 5) is 4.37. The van der Waals surface area contributed by atoms with Gasteiger partial charge >= 0.3 is 0 Å². The highest BCUT2D eigenvalue weighted by Crippen LogP contribution is 2.21. The summed E-state index contributed by atoms with van der Waals surface area (Å²) in [5.41, 5.74) is 1.85. The summed E-state index contributed by atoms with van der Waals surface area (Å²) in [6, 6.07) is 1.86. The van der Waals surface area contributed by atoms with Crippen molar-refractivity contribution in [3.63, 3.8) is 0 Å². The van der Waals surface area contributed by atoms with Crippen molar-refractivity contribution in [2.45, 2.75) is 20.1 Å². The van der Waals surface area contributed by atoms with E-state index in [1.54, 1.807) is 18.9 Å². The summed E-state index contributed by atoms with van der Waals surface area (Å²) in [6.07, 6.45) is 1.50. The zero-order valence-electron chi connectivity index (χ0n) is 10.4. The van der Waals surface area contributed by atoms with Crippen molar-refractivity contribution in [3.05, 3.63) is 23.5 Å². The minimum Gasteiger partial charge on any atom is -0.481 e. The summed E-state index contributed by atoms with van der Waals surface area (Å²) < 4.78 is 12.1. The fourth-order valence-electron chi connectivity index (χ4n) is 1.67. The first-order valence-electron chi connectivity index (χ1n) is 5.31. The van der Waals surface area contributed by atoms with Crippen molar-refractivity contribution in [2.75, 3.05) is 14.2 Å². The van der Waals surface area contributed by atoms with Crippen molar-refractivity contribution in [1.82, 2.24) is 15.1 Å². The molecule has 0 bridgehead atoms. The van der Waals surface area contributed by atoms with Crippen LogP contribution in [0.3, 0.4) is 0 Å². The molecule has 1 atom stereocenters. The number of aryl methyl sites for hydroxylation is 1. The standard InChI is InChI=1S/C11H16N4O2/c1-7-5-9(16-3)13-11(12-7)15-10(17-4)6-8(2)14-15/h5-6,11-12H,1-4H3. The van der Waals surface area contributed by atoms with Gasteiger partial charge in [0, 0.05) is 17.8 Å². The highest BCUT2D eigenvalue weighted by atomic mass is 16.5. The molecular formula is C11H16N4O2. The molecule has 1 unspecified atom stereocenters. The van der Waals surface area contributed by atoms with Crippen LogP contribution in [-0.4, -0.2) is 29.9 Å². The molecule has 1 aliphatic rings. The number of rotatable bonds is 2. The Kier molecular flexibility index (Phi) is 3.03. The van der Waals surface area contributed by atoms with Gasteiger partial charge < -0.3 is 14.8 Å². The van der Waals surface area contributed by atoms with Crippen LogP contribution in [0.25, 0.3) is 0 Å². The molecule has 1 aliphatic heterocycles. The summed E-state index contributed by atoms with van der Waals surface area (Å²) in [5, 5.41) is 7.55. The zero-order chi connectivity index (χ0) is 12.4. The maximum absolute atomic E-state index is 5.25. The number of allylic oxidation sites excluding steroid dienone is 1. The average molecular weight is 236 g/mol. The van der Waals surface area contributed by atoms with Crippen LogP contribution in [0.1, 0.15) is 18.9 Å². The van der Waals surface area contributed by atoms with Crippen LogP contribution in [0.4, 0.5) is 0 Å². The van der Waals surface area contributed by atoms with Gasteiger partial charge in [-0.1, -0.05) is 0 Å². The van der Waals surface area contributed by atoms with E-state index in [4.69, 9.17) is 9.47 Å². The van der Waals surface area contributed by atoms with Crippen LogP contribution >= 0.6 is 0 Å². The molecule has 0 fully saturated rings. The predicted molar refractivity (Wildman–Crippen MR) is 63.9 cm³/mol. The summed E-state index contributed by atoms with van der Waals surface area (Å²) in [7, 11) is 3.20. The van der Waals surface area contributed by atoms with Gasteiger partial charge in [0.05, 0.1) is 19.9 Å². The van der Waals surface area contributed by atoms with Crippen molar-refractivity contribution in [2.24, 2.45) is 4.99 Å². The largest absolute Gasteiger partial charge is 0.481 e. The van der Waals surface area contributed by atoms with E-state index >= 15 is 0 Å². The van der Waals surface area contributed by atoms with Crippen molar-refractivity contribution >= 4 is 5.90 Å². The van der Waals surface area contributed by atoms with Crippen LogP contribution in [0.2, 0.25) is 0 Å². The molecule has 2 rings (SSSR count). The number of aliphatic imine (C=N–C) groups is 1. The summed E-state index contributed by atoms with van der Waals surface area (Å²) in [5.74, 6) is 1.23. The van der Waals surface area contributed by atoms with Gasteiger partial charge in [-0.2, -0.15) is 9.78 Å². The van der Waals surface area contributed by atoms with Gasteiger partial charge in [0.25, 0.3) is 0 Å². The van der Waals surface area contributed by atoms with Gasteiger partial charge in [-0.25, -0.2) is 4.99 Å². The van der Waals surface area contributed by atoms with Crippen LogP contribution in [0.15, 0.2) is 22.8 Å². The number of ether oxygens (including phenoxy) is 2. The first-order valence-corrected chi connectivity index (χ1v) is 5.31. The maximum Gasteiger partial charge on any atom is 0.223 e. The number of aromatic nitrogens is 2. The smallest absolute Gasteiger partial charge is 0.223 e. The van der Waals surface area contributed by atoms with Gasteiger partial charge in [-0.05, 0) is 13.8 Å². The molecule has 1 aromatic heterocycles. The van der Waals surface area contributed by atoms with E-state index in [-0.39, 0.29) is 6.29 Å². The minimum absolute atomic E-state index is 0.335. The molecule has 6 nitrogen and oxygen atoms in total. The second-order valence-electron chi connectivity index (χ2n) is 3.79. The van der Waals surface area contributed by atoms with E-state index in [0.717, 1.165) is 11.4 Å². The quantitative estimate of drug-likeness (QED) is 0.838. The molecule has 0 amide bonds. The van der Waals surface area contributed by atoms with Gasteiger partial charge in [0.1, 0.15) is 0 Å². The number of hydrogen-bond donors (Lipinski definition) is 1. The lowest BCUT2D eigenvalue weighted by Crippen LogP contribution is -2.30. The Labute approximate surface area is 99.9 Å². The first kappa shape index (κ1) is 11.5. The Hall–Kier alpha value is -1.98. The van der Waals surface area contributed by atoms with E-state index in [9.17, 15) is 0 Å². The topological polar surface area (TPSA) is 60.7 Å². The Morgan fingerprint density at radius 2 is 2.06 bits per heavy atom. The van der Waals surface area contributed by atoms with Gasteiger partial charge in [-0.3, -0.25) is 0 Å². The Morgan fingerprint density at radius 1 is 1.29 bits per heavy atom. The second-order valence-corrected chi connectivity index (χ2v) is 3.79. The maximum atomic E-state index is 5.25. The molecule has 0 spiro atoms. The molecular weight excluding hydrogens is 220 g/mol. The molecule has 92 valence electrons. The fraction of sp³-hybridized carbons (Fsp3) is 0.455. The molecule has 0 radical (unpaired) electrons. The molecule has 0 aliphatic carbocycles. The monoisotopic (exact) mass is 236 g/mol. The second kappa shape index (κ2) is 4.48. The van der Waals surface area contributed by atoms with E-state index < -0.39 is 0 Å². The number of hydrogen-bond acceptors (Lipinski definition) is 5. The lowest BCUT2D eigenvalue weighted by Gasteiger charge is -2.22. The van der Waals surface area contributed by atoms with Crippen LogP contribution in [0, 0.1) is 6.92 Å². The van der Waals surface area contributed by atoms with Gasteiger partial charge in [0.2, 0.25) is 18.1 Å². The normalized spacial score (nSPS) is 19.2. The van der Waals surface area contributed by atoms with Crippen molar-refractivity contribution in [3.8, 4) is 5.88 Å². The highest BCUT2D eigenvalue weighted by Gasteiger charge is 2.19. The third-order valence-corrected chi connectivity index (χ3v) is 2.42. The molecule has 1 N–H and O–H groups in total. The molecule has 2 heterocycles. The molecule has 0 saturated heterocycles. The van der Waals surface area contributed by atoms with Gasteiger partial charge in [0.15, 0.2) is 0 Å². The molecule has 0 aromatic carbocycles. The Morgan fingerprint density at radius 3 is 2.71 bits per heavy atom. The SMILES string of the molecule is COC1=NC(n2nc(C)cc2OC)NC(C)=C1. The predicted octanol–water partition coefficient (Wildman–Crippen LogP) is 1.21. The third kappa shape index (κ3) is 2.25. The van der Waals surface area contributed by atoms with E-state index in [1.165, 1.54) is 0 Å². The van der Waals surface area contributed by atoms with Crippen LogP contribution < -0.4 is 10.1 Å². The lowest BCUT2D eigenvalue weighted by atomic mass is 10.4. The summed E-state index contributed by atoms with van der Waals surface area (Å²) >= 11 is 0. The molecule has 6 heteroatoms. The van der Waals surface area contributed by atoms with Crippen LogP contribution in [-0.2, 0) is 4.74 Å². The number of nitrogens with zero attached hydrogens (tertiary/aromatic N) is 3. The third-order valence-electron chi connectivity index (χ3n) is 2.42. The molecule has 0 saturated carbocycles. The van der Waals surface area contributed by atoms with E-state index in [0.29, 0.717) is 11.8 Å². The average Bonchev–Trinajstić information content (AvgIpc) is 2.69. The zero-order valence-corrected chi connectivity index (χ0v) is 10.4.